The van der Waals surface area contributed by atoms with Crippen LogP contribution in [0.1, 0.15) is 33.6 Å². The van der Waals surface area contributed by atoms with Gasteiger partial charge in [-0.1, -0.05) is 19.9 Å². The van der Waals surface area contributed by atoms with E-state index in [1.807, 2.05) is 0 Å². The molecular weight excluding hydrogens is 201 g/mol. The summed E-state index contributed by atoms with van der Waals surface area (Å²) in [5.41, 5.74) is -0.578. The molecule has 0 heterocycles. The van der Waals surface area contributed by atoms with Crippen LogP contribution in [0.4, 0.5) is 13.2 Å². The van der Waals surface area contributed by atoms with E-state index in [9.17, 15) is 13.2 Å². The molecule has 0 bridgehead atoms. The molecule has 0 saturated heterocycles. The van der Waals surface area contributed by atoms with E-state index in [2.05, 4.69) is 0 Å². The molecule has 1 fully saturated rings. The third-order valence-electron chi connectivity index (χ3n) is 3.74. The lowest BCUT2D eigenvalue weighted by Gasteiger charge is -2.30. The molecule has 0 aromatic heterocycles. The summed E-state index contributed by atoms with van der Waals surface area (Å²) in [5.74, 6) is -4.42. The molecule has 2 rings (SSSR count). The number of halogens is 3. The van der Waals surface area contributed by atoms with Gasteiger partial charge in [0.15, 0.2) is 0 Å². The van der Waals surface area contributed by atoms with Crippen molar-refractivity contribution in [2.45, 2.75) is 39.5 Å². The minimum atomic E-state index is -2.98. The summed E-state index contributed by atoms with van der Waals surface area (Å²) in [4.78, 5) is 0. The molecule has 2 aliphatic carbocycles. The van der Waals surface area contributed by atoms with Gasteiger partial charge in [-0.05, 0) is 25.3 Å². The zero-order chi connectivity index (χ0) is 11.4. The first kappa shape index (κ1) is 10.8. The van der Waals surface area contributed by atoms with Gasteiger partial charge >= 0.3 is 0 Å². The number of rotatable bonds is 0. The Bertz CT molecular complexity index is 358. The largest absolute Gasteiger partial charge is 0.275 e. The first-order valence-electron chi connectivity index (χ1n) is 5.25. The highest BCUT2D eigenvalue weighted by atomic mass is 19.3. The molecule has 0 N–H and O–H groups in total. The number of allylic oxidation sites excluding steroid dienone is 4. The maximum atomic E-state index is 13.8. The molecule has 0 radical (unpaired) electrons. The maximum Gasteiger partial charge on any atom is 0.275 e. The minimum Gasteiger partial charge on any atom is -0.207 e. The average Bonchev–Trinajstić information content (AvgIpc) is 2.29. The summed E-state index contributed by atoms with van der Waals surface area (Å²) < 4.78 is 41.4. The summed E-state index contributed by atoms with van der Waals surface area (Å²) in [6.07, 6.45) is 2.63. The highest BCUT2D eigenvalue weighted by molar-refractivity contribution is 5.43. The van der Waals surface area contributed by atoms with Gasteiger partial charge in [0.1, 0.15) is 5.83 Å². The van der Waals surface area contributed by atoms with E-state index in [4.69, 9.17) is 0 Å². The van der Waals surface area contributed by atoms with E-state index in [0.29, 0.717) is 18.4 Å². The van der Waals surface area contributed by atoms with E-state index in [0.717, 1.165) is 0 Å². The Balaban J connectivity index is 2.60. The third kappa shape index (κ3) is 1.28. The summed E-state index contributed by atoms with van der Waals surface area (Å²) in [6.45, 7) is 4.79. The first-order chi connectivity index (χ1) is 6.79. The van der Waals surface area contributed by atoms with Gasteiger partial charge in [0.05, 0.1) is 0 Å². The van der Waals surface area contributed by atoms with Crippen molar-refractivity contribution in [1.82, 2.24) is 0 Å². The van der Waals surface area contributed by atoms with Crippen LogP contribution in [0.2, 0.25) is 0 Å². The summed E-state index contributed by atoms with van der Waals surface area (Å²) >= 11 is 0. The smallest absolute Gasteiger partial charge is 0.207 e. The van der Waals surface area contributed by atoms with E-state index < -0.39 is 23.1 Å². The van der Waals surface area contributed by atoms with Crippen LogP contribution in [-0.2, 0) is 0 Å². The second-order valence-electron chi connectivity index (χ2n) is 5.07. The van der Waals surface area contributed by atoms with Gasteiger partial charge in [-0.2, -0.15) is 0 Å². The molecule has 0 aromatic rings. The van der Waals surface area contributed by atoms with Crippen LogP contribution >= 0.6 is 0 Å². The van der Waals surface area contributed by atoms with Gasteiger partial charge in [0, 0.05) is 16.9 Å². The van der Waals surface area contributed by atoms with Gasteiger partial charge < -0.3 is 0 Å². The van der Waals surface area contributed by atoms with Crippen molar-refractivity contribution in [1.29, 1.82) is 0 Å². The number of fused-ring (bicyclic) bond motifs is 1. The highest BCUT2D eigenvalue weighted by Crippen LogP contribution is 2.60. The lowest BCUT2D eigenvalue weighted by Crippen LogP contribution is -2.27. The van der Waals surface area contributed by atoms with E-state index in [-0.39, 0.29) is 5.57 Å². The van der Waals surface area contributed by atoms with Crippen LogP contribution in [-0.4, -0.2) is 5.92 Å². The quantitative estimate of drug-likeness (QED) is 0.568. The van der Waals surface area contributed by atoms with Gasteiger partial charge in [-0.25, -0.2) is 13.2 Å². The van der Waals surface area contributed by atoms with Crippen LogP contribution in [0.5, 0.6) is 0 Å². The molecule has 2 aliphatic rings. The van der Waals surface area contributed by atoms with Crippen molar-refractivity contribution in [2.75, 3.05) is 0 Å². The van der Waals surface area contributed by atoms with Crippen molar-refractivity contribution >= 4 is 0 Å². The van der Waals surface area contributed by atoms with E-state index in [1.165, 1.54) is 6.92 Å². The molecular formula is C12H15F3. The molecule has 15 heavy (non-hydrogen) atoms. The van der Waals surface area contributed by atoms with Crippen molar-refractivity contribution in [2.24, 2.45) is 11.3 Å². The summed E-state index contributed by atoms with van der Waals surface area (Å²) in [5, 5.41) is 0. The summed E-state index contributed by atoms with van der Waals surface area (Å²) in [6, 6.07) is 0. The fourth-order valence-electron chi connectivity index (χ4n) is 2.82. The molecule has 0 nitrogen and oxygen atoms in total. The summed E-state index contributed by atoms with van der Waals surface area (Å²) in [7, 11) is 0. The normalized spacial score (nSPS) is 39.1. The predicted molar refractivity (Wildman–Crippen MR) is 53.3 cm³/mol. The lowest BCUT2D eigenvalue weighted by atomic mass is 9.76. The number of hydrogen-bond acceptors (Lipinski definition) is 0. The zero-order valence-electron chi connectivity index (χ0n) is 9.20. The van der Waals surface area contributed by atoms with Crippen LogP contribution in [0, 0.1) is 11.3 Å². The SMILES string of the molecule is CC1=CCC2(C)CC(C)C(F)(F)C2=C1F. The Labute approximate surface area is 87.9 Å². The molecule has 84 valence electrons. The van der Waals surface area contributed by atoms with Crippen LogP contribution < -0.4 is 0 Å². The maximum absolute atomic E-state index is 13.8. The fourth-order valence-corrected chi connectivity index (χ4v) is 2.82. The van der Waals surface area contributed by atoms with Crippen LogP contribution in [0.15, 0.2) is 23.0 Å². The fraction of sp³-hybridized carbons (Fsp3) is 0.667. The third-order valence-corrected chi connectivity index (χ3v) is 3.74. The van der Waals surface area contributed by atoms with Crippen LogP contribution in [0.25, 0.3) is 0 Å². The van der Waals surface area contributed by atoms with Crippen molar-refractivity contribution < 1.29 is 13.2 Å². The monoisotopic (exact) mass is 216 g/mol. The molecule has 1 saturated carbocycles. The molecule has 0 amide bonds. The van der Waals surface area contributed by atoms with Crippen molar-refractivity contribution in [3.8, 4) is 0 Å². The Hall–Kier alpha value is -0.730. The van der Waals surface area contributed by atoms with E-state index in [1.54, 1.807) is 19.9 Å². The number of alkyl halides is 2. The van der Waals surface area contributed by atoms with Gasteiger partial charge in [-0.3, -0.25) is 0 Å². The Morgan fingerprint density at radius 2 is 2.00 bits per heavy atom. The molecule has 3 heteroatoms. The Kier molecular flexibility index (Phi) is 2.08. The van der Waals surface area contributed by atoms with Gasteiger partial charge in [-0.15, -0.1) is 0 Å². The average molecular weight is 216 g/mol. The second-order valence-corrected chi connectivity index (χ2v) is 5.07. The Morgan fingerprint density at radius 1 is 1.40 bits per heavy atom. The van der Waals surface area contributed by atoms with Crippen LogP contribution in [0.3, 0.4) is 0 Å². The number of hydrogen-bond donors (Lipinski definition) is 0. The predicted octanol–water partition coefficient (Wildman–Crippen LogP) is 4.24. The van der Waals surface area contributed by atoms with E-state index >= 15 is 0 Å². The second kappa shape index (κ2) is 2.89. The molecule has 2 atom stereocenters. The molecule has 0 spiro atoms. The highest BCUT2D eigenvalue weighted by Gasteiger charge is 2.58. The standard InChI is InChI=1S/C12H15F3/c1-7-4-5-11(3)6-8(2)12(14,15)10(11)9(7)13/h4,8H,5-6H2,1-3H3. The molecule has 0 aromatic carbocycles. The van der Waals surface area contributed by atoms with Crippen molar-refractivity contribution in [3.63, 3.8) is 0 Å². The first-order valence-corrected chi connectivity index (χ1v) is 5.25. The minimum absolute atomic E-state index is 0.262. The lowest BCUT2D eigenvalue weighted by molar-refractivity contribution is 0.00303. The Morgan fingerprint density at radius 3 is 2.60 bits per heavy atom. The van der Waals surface area contributed by atoms with Gasteiger partial charge in [0.25, 0.3) is 5.92 Å². The molecule has 2 unspecified atom stereocenters. The zero-order valence-corrected chi connectivity index (χ0v) is 9.20. The molecule has 0 aliphatic heterocycles. The van der Waals surface area contributed by atoms with Crippen molar-refractivity contribution in [3.05, 3.63) is 23.0 Å². The van der Waals surface area contributed by atoms with Gasteiger partial charge in [0.2, 0.25) is 0 Å². The topological polar surface area (TPSA) is 0 Å².